The normalized spacial score (nSPS) is 12.9. The van der Waals surface area contributed by atoms with Crippen molar-refractivity contribution < 1.29 is 4.42 Å². The molecule has 0 saturated carbocycles. The number of para-hydroxylation sites is 3. The molecular weight excluding hydrogens is 1090 g/mol. The van der Waals surface area contributed by atoms with Crippen LogP contribution in [0, 0.1) is 0 Å². The van der Waals surface area contributed by atoms with Crippen molar-refractivity contribution in [2.75, 3.05) is 4.90 Å². The highest BCUT2D eigenvalue weighted by atomic mass is 32.1. The van der Waals surface area contributed by atoms with Crippen LogP contribution in [-0.2, 0) is 5.41 Å². The smallest absolute Gasteiger partial charge is 0.252 e. The highest BCUT2D eigenvalue weighted by molar-refractivity contribution is 7.25. The van der Waals surface area contributed by atoms with E-state index in [-0.39, 0.29) is 12.1 Å². The summed E-state index contributed by atoms with van der Waals surface area (Å²) in [5.41, 5.74) is 26.5. The van der Waals surface area contributed by atoms with Crippen molar-refractivity contribution in [2.24, 2.45) is 0 Å². The molecule has 412 valence electrons. The lowest BCUT2D eigenvalue weighted by Gasteiger charge is -2.42. The highest BCUT2D eigenvalue weighted by Crippen LogP contribution is 2.53. The molecule has 0 spiro atoms. The molecule has 17 aromatic rings. The van der Waals surface area contributed by atoms with E-state index in [1.54, 1.807) is 0 Å². The lowest BCUT2D eigenvalue weighted by Crippen LogP contribution is -2.60. The average Bonchev–Trinajstić information content (AvgIpc) is 1.25. The van der Waals surface area contributed by atoms with Gasteiger partial charge in [0.1, 0.15) is 11.2 Å². The third-order valence-corrected chi connectivity index (χ3v) is 20.4. The lowest BCUT2D eigenvalue weighted by molar-refractivity contribution is 0.590. The molecule has 0 amide bonds. The third-order valence-electron chi connectivity index (χ3n) is 19.2. The zero-order chi connectivity index (χ0) is 58.1. The molecule has 4 aromatic heterocycles. The maximum absolute atomic E-state index is 7.23. The van der Waals surface area contributed by atoms with Crippen molar-refractivity contribution in [2.45, 2.75) is 26.2 Å². The van der Waals surface area contributed by atoms with Gasteiger partial charge in [0.05, 0.1) is 22.2 Å². The fourth-order valence-electron chi connectivity index (χ4n) is 15.2. The Labute approximate surface area is 513 Å². The molecule has 88 heavy (non-hydrogen) atoms. The Balaban J connectivity index is 0.976. The summed E-state index contributed by atoms with van der Waals surface area (Å²) in [5.74, 6) is 0. The zero-order valence-electron chi connectivity index (χ0n) is 48.7. The van der Waals surface area contributed by atoms with Gasteiger partial charge in [-0.3, -0.25) is 0 Å². The topological polar surface area (TPSA) is 26.2 Å². The first-order chi connectivity index (χ1) is 43.3. The largest absolute Gasteiger partial charge is 0.456 e. The number of fused-ring (bicyclic) bond motifs is 16. The average molecular weight is 1140 g/mol. The van der Waals surface area contributed by atoms with Gasteiger partial charge in [0, 0.05) is 91.9 Å². The van der Waals surface area contributed by atoms with Gasteiger partial charge in [-0.2, -0.15) is 0 Å². The van der Waals surface area contributed by atoms with Crippen LogP contribution in [0.15, 0.2) is 277 Å². The summed E-state index contributed by atoms with van der Waals surface area (Å²) in [6.07, 6.45) is 0. The Kier molecular flexibility index (Phi) is 10.4. The van der Waals surface area contributed by atoms with Gasteiger partial charge in [-0.15, -0.1) is 11.3 Å². The quantitative estimate of drug-likeness (QED) is 0.155. The number of nitrogens with zero attached hydrogens (tertiary/aromatic N) is 3. The van der Waals surface area contributed by atoms with Gasteiger partial charge in [-0.05, 0) is 146 Å². The number of thiophene rings is 1. The monoisotopic (exact) mass is 1140 g/mol. The molecule has 0 aliphatic carbocycles. The van der Waals surface area contributed by atoms with Gasteiger partial charge in [-0.1, -0.05) is 209 Å². The summed E-state index contributed by atoms with van der Waals surface area (Å²) in [7, 11) is 0. The summed E-state index contributed by atoms with van der Waals surface area (Å²) in [6, 6.07) is 103. The second kappa shape index (κ2) is 18.4. The molecule has 13 aromatic carbocycles. The molecule has 0 atom stereocenters. The molecule has 6 heterocycles. The molecule has 0 fully saturated rings. The van der Waals surface area contributed by atoms with Crippen LogP contribution in [0.4, 0.5) is 17.1 Å². The minimum Gasteiger partial charge on any atom is -0.456 e. The summed E-state index contributed by atoms with van der Waals surface area (Å²) >= 11 is 1.89. The molecular formula is C82H54BN3OS. The van der Waals surface area contributed by atoms with Crippen molar-refractivity contribution >= 4 is 137 Å². The number of aromatic nitrogens is 2. The van der Waals surface area contributed by atoms with Crippen LogP contribution in [0.3, 0.4) is 0 Å². The number of benzene rings is 13. The van der Waals surface area contributed by atoms with E-state index < -0.39 is 0 Å². The summed E-state index contributed by atoms with van der Waals surface area (Å²) in [4.78, 5) is 2.67. The molecule has 4 nitrogen and oxygen atoms in total. The molecule has 0 N–H and O–H groups in total. The van der Waals surface area contributed by atoms with Crippen molar-refractivity contribution in [1.29, 1.82) is 0 Å². The second-order valence-corrected chi connectivity index (χ2v) is 26.2. The van der Waals surface area contributed by atoms with Crippen molar-refractivity contribution in [3.63, 3.8) is 0 Å². The molecule has 0 radical (unpaired) electrons. The van der Waals surface area contributed by atoms with Crippen LogP contribution in [0.2, 0.25) is 0 Å². The first kappa shape index (κ1) is 49.6. The fourth-order valence-corrected chi connectivity index (χ4v) is 16.3. The molecule has 2 aliphatic heterocycles. The Morgan fingerprint density at radius 1 is 0.352 bits per heavy atom. The van der Waals surface area contributed by atoms with E-state index in [2.05, 4.69) is 308 Å². The first-order valence-electron chi connectivity index (χ1n) is 30.6. The molecule has 6 heteroatoms. The molecule has 0 unspecified atom stereocenters. The van der Waals surface area contributed by atoms with Gasteiger partial charge in [-0.25, -0.2) is 0 Å². The van der Waals surface area contributed by atoms with E-state index in [9.17, 15) is 0 Å². The van der Waals surface area contributed by atoms with Crippen LogP contribution in [0.25, 0.3) is 142 Å². The second-order valence-electron chi connectivity index (χ2n) is 25.1. The van der Waals surface area contributed by atoms with Crippen molar-refractivity contribution in [3.8, 4) is 55.9 Å². The summed E-state index contributed by atoms with van der Waals surface area (Å²) < 4.78 is 14.9. The van der Waals surface area contributed by atoms with E-state index in [0.717, 1.165) is 78.1 Å². The van der Waals surface area contributed by atoms with Gasteiger partial charge >= 0.3 is 0 Å². The first-order valence-corrected chi connectivity index (χ1v) is 31.4. The number of hydrogen-bond acceptors (Lipinski definition) is 3. The molecule has 19 rings (SSSR count). The Bertz CT molecular complexity index is 5670. The van der Waals surface area contributed by atoms with Gasteiger partial charge in [0.2, 0.25) is 0 Å². The molecule has 2 aliphatic rings. The van der Waals surface area contributed by atoms with Gasteiger partial charge in [0.15, 0.2) is 0 Å². The van der Waals surface area contributed by atoms with Crippen LogP contribution >= 0.6 is 11.3 Å². The standard InChI is InChI=1S/C82H54BN3OS/c1-82(2,3)55-36-34-50(35-37-55)54-42-73-79-74(43-54)86(80-61(51-22-9-5-10-23-51)40-53(49-20-7-4-8-21-49)41-62(80)52-24-11-6-12-25-52)72-46-65-64-44-56(84-69-31-16-13-26-57(69)58-27-14-17-32-70(58)84)38-39-75(64)87-76(65)47-68(72)83(79)67-30-19-29-60-63-45-66-59-28-15-18-33-77(59)88-78(66)48-71(63)85(73)81(60)67/h4-48H,1-3H3. The SMILES string of the molecule is CC(C)(C)c1ccc(-c2cc3c4c(c2)-n2c5cc6sc7ccccc7c6cc5c5cccc(c52)B4c2cc4oc5ccc(-n6c7ccccc7c7ccccc76)cc5c4cc2N3c2c(-c3ccccc3)cc(-c3ccccc3)cc2-c2ccccc2)cc1. The van der Waals surface area contributed by atoms with Gasteiger partial charge in [0.25, 0.3) is 6.71 Å². The number of hydrogen-bond donors (Lipinski definition) is 0. The fraction of sp³-hybridized carbons (Fsp3) is 0.0488. The summed E-state index contributed by atoms with van der Waals surface area (Å²) in [5, 5.41) is 9.74. The predicted molar refractivity (Wildman–Crippen MR) is 375 cm³/mol. The van der Waals surface area contributed by atoms with Crippen molar-refractivity contribution in [1.82, 2.24) is 9.13 Å². The van der Waals surface area contributed by atoms with E-state index in [1.165, 1.54) is 103 Å². The van der Waals surface area contributed by atoms with Crippen LogP contribution in [-0.4, -0.2) is 15.8 Å². The number of rotatable bonds is 6. The lowest BCUT2D eigenvalue weighted by atomic mass is 9.33. The highest BCUT2D eigenvalue weighted by Gasteiger charge is 2.44. The van der Waals surface area contributed by atoms with Crippen molar-refractivity contribution in [3.05, 3.63) is 279 Å². The number of anilines is 3. The third kappa shape index (κ3) is 7.15. The minimum atomic E-state index is -0.161. The maximum Gasteiger partial charge on any atom is 0.252 e. The molecule has 0 bridgehead atoms. The Hall–Kier alpha value is -10.7. The molecule has 0 saturated heterocycles. The van der Waals surface area contributed by atoms with E-state index >= 15 is 0 Å². The predicted octanol–water partition coefficient (Wildman–Crippen LogP) is 20.7. The Morgan fingerprint density at radius 3 is 1.64 bits per heavy atom. The zero-order valence-corrected chi connectivity index (χ0v) is 49.5. The van der Waals surface area contributed by atoms with Gasteiger partial charge < -0.3 is 18.5 Å². The summed E-state index contributed by atoms with van der Waals surface area (Å²) in [6.45, 7) is 6.75. The van der Waals surface area contributed by atoms with E-state index in [0.29, 0.717) is 0 Å². The van der Waals surface area contributed by atoms with E-state index in [1.807, 2.05) is 11.3 Å². The van der Waals surface area contributed by atoms with Crippen LogP contribution < -0.4 is 21.3 Å². The maximum atomic E-state index is 7.23. The van der Waals surface area contributed by atoms with E-state index in [4.69, 9.17) is 4.42 Å². The Morgan fingerprint density at radius 2 is 0.943 bits per heavy atom. The van der Waals surface area contributed by atoms with Crippen LogP contribution in [0.1, 0.15) is 26.3 Å². The van der Waals surface area contributed by atoms with Crippen LogP contribution in [0.5, 0.6) is 0 Å². The number of furan rings is 1. The minimum absolute atomic E-state index is 0.00812.